The van der Waals surface area contributed by atoms with E-state index in [4.69, 9.17) is 0 Å². The summed E-state index contributed by atoms with van der Waals surface area (Å²) in [4.78, 5) is 4.35. The maximum Gasteiger partial charge on any atom is 0.0997 e. The number of hydrogen-bond donors (Lipinski definition) is 1. The number of nitrogens with one attached hydrogen (secondary N) is 1. The van der Waals surface area contributed by atoms with Crippen LogP contribution in [0.1, 0.15) is 37.7 Å². The molecule has 1 heterocycles. The topological polar surface area (TPSA) is 29.9 Å². The Hall–Kier alpha value is -1.13. The number of imidazole rings is 1. The van der Waals surface area contributed by atoms with Crippen LogP contribution >= 0.6 is 15.9 Å². The second-order valence-corrected chi connectivity index (χ2v) is 7.02. The lowest BCUT2D eigenvalue weighted by Crippen LogP contribution is -2.35. The van der Waals surface area contributed by atoms with Gasteiger partial charge in [-0.05, 0) is 52.3 Å². The van der Waals surface area contributed by atoms with Crippen molar-refractivity contribution in [2.75, 3.05) is 0 Å². The largest absolute Gasteiger partial charge is 0.308 e. The predicted molar refractivity (Wildman–Crippen MR) is 87.3 cm³/mol. The van der Waals surface area contributed by atoms with Crippen LogP contribution in [0.2, 0.25) is 0 Å². The molecule has 2 rings (SSSR count). The molecule has 0 radical (unpaired) electrons. The van der Waals surface area contributed by atoms with Crippen molar-refractivity contribution >= 4 is 15.9 Å². The molecular formula is C16H22BrN3. The molecule has 0 spiro atoms. The minimum Gasteiger partial charge on any atom is -0.308 e. The smallest absolute Gasteiger partial charge is 0.0997 e. The van der Waals surface area contributed by atoms with Crippen LogP contribution < -0.4 is 5.32 Å². The highest BCUT2D eigenvalue weighted by molar-refractivity contribution is 9.10. The molecule has 0 aliphatic rings. The lowest BCUT2D eigenvalue weighted by Gasteiger charge is -2.21. The first kappa shape index (κ1) is 15.3. The average Bonchev–Trinajstić information content (AvgIpc) is 2.67. The number of aromatic nitrogens is 2. The molecule has 0 aliphatic carbocycles. The Labute approximate surface area is 129 Å². The van der Waals surface area contributed by atoms with Crippen LogP contribution in [-0.4, -0.2) is 15.1 Å². The number of aryl methyl sites for hydroxylation is 1. The van der Waals surface area contributed by atoms with Crippen molar-refractivity contribution in [3.8, 4) is 5.69 Å². The monoisotopic (exact) mass is 335 g/mol. The minimum absolute atomic E-state index is 0.121. The molecule has 0 fully saturated rings. The Morgan fingerprint density at radius 3 is 2.45 bits per heavy atom. The highest BCUT2D eigenvalue weighted by atomic mass is 79.9. The lowest BCUT2D eigenvalue weighted by atomic mass is 10.1. The maximum atomic E-state index is 4.35. The van der Waals surface area contributed by atoms with E-state index < -0.39 is 0 Å². The minimum atomic E-state index is 0.121. The van der Waals surface area contributed by atoms with Gasteiger partial charge in [-0.3, -0.25) is 0 Å². The molecule has 0 saturated heterocycles. The molecule has 0 amide bonds. The first-order chi connectivity index (χ1) is 9.28. The van der Waals surface area contributed by atoms with Crippen LogP contribution in [-0.2, 0) is 6.54 Å². The third-order valence-electron chi connectivity index (χ3n) is 3.38. The van der Waals surface area contributed by atoms with Crippen molar-refractivity contribution in [3.63, 3.8) is 0 Å². The van der Waals surface area contributed by atoms with Gasteiger partial charge in [0.2, 0.25) is 0 Å². The van der Waals surface area contributed by atoms with Crippen molar-refractivity contribution < 1.29 is 0 Å². The van der Waals surface area contributed by atoms with E-state index in [1.807, 2.05) is 13.3 Å². The zero-order valence-corrected chi connectivity index (χ0v) is 14.4. The van der Waals surface area contributed by atoms with E-state index in [0.717, 1.165) is 22.4 Å². The van der Waals surface area contributed by atoms with E-state index in [-0.39, 0.29) is 5.54 Å². The van der Waals surface area contributed by atoms with Crippen LogP contribution in [0.5, 0.6) is 0 Å². The van der Waals surface area contributed by atoms with Gasteiger partial charge in [0.05, 0.1) is 12.0 Å². The lowest BCUT2D eigenvalue weighted by molar-refractivity contribution is 0.424. The highest BCUT2D eigenvalue weighted by Crippen LogP contribution is 2.23. The van der Waals surface area contributed by atoms with Gasteiger partial charge in [-0.25, -0.2) is 4.98 Å². The van der Waals surface area contributed by atoms with Gasteiger partial charge in [0.15, 0.2) is 0 Å². The van der Waals surface area contributed by atoms with Crippen LogP contribution in [0, 0.1) is 13.8 Å². The SMILES string of the molecule is Cc1ncn(-c2ccc(CNC(C)(C)C)c(Br)c2)c1C. The summed E-state index contributed by atoms with van der Waals surface area (Å²) in [6.07, 6.45) is 1.87. The van der Waals surface area contributed by atoms with Gasteiger partial charge in [0.25, 0.3) is 0 Å². The Kier molecular flexibility index (Phi) is 4.35. The molecule has 1 N–H and O–H groups in total. The van der Waals surface area contributed by atoms with E-state index in [1.54, 1.807) is 0 Å². The second kappa shape index (κ2) is 5.70. The van der Waals surface area contributed by atoms with Crippen molar-refractivity contribution in [2.24, 2.45) is 0 Å². The fourth-order valence-electron chi connectivity index (χ4n) is 1.95. The van der Waals surface area contributed by atoms with Gasteiger partial charge in [-0.2, -0.15) is 0 Å². The van der Waals surface area contributed by atoms with Gasteiger partial charge < -0.3 is 9.88 Å². The summed E-state index contributed by atoms with van der Waals surface area (Å²) in [5.41, 5.74) is 4.76. The first-order valence-electron chi connectivity index (χ1n) is 6.82. The summed E-state index contributed by atoms with van der Waals surface area (Å²) in [7, 11) is 0. The summed E-state index contributed by atoms with van der Waals surface area (Å²) >= 11 is 3.67. The molecular weight excluding hydrogens is 314 g/mol. The van der Waals surface area contributed by atoms with Crippen LogP contribution in [0.4, 0.5) is 0 Å². The standard InChI is InChI=1S/C16H22BrN3/c1-11-12(2)20(10-18-11)14-7-6-13(15(17)8-14)9-19-16(3,4)5/h6-8,10,19H,9H2,1-5H3. The van der Waals surface area contributed by atoms with Crippen molar-refractivity contribution in [1.29, 1.82) is 0 Å². The van der Waals surface area contributed by atoms with Crippen molar-refractivity contribution in [1.82, 2.24) is 14.9 Å². The zero-order valence-electron chi connectivity index (χ0n) is 12.8. The fourth-order valence-corrected chi connectivity index (χ4v) is 2.46. The van der Waals surface area contributed by atoms with Crippen molar-refractivity contribution in [2.45, 2.75) is 46.7 Å². The van der Waals surface area contributed by atoms with Crippen molar-refractivity contribution in [3.05, 3.63) is 46.0 Å². The Balaban J connectivity index is 2.24. The number of rotatable bonds is 3. The molecule has 1 aromatic carbocycles. The molecule has 2 aromatic rings. The maximum absolute atomic E-state index is 4.35. The molecule has 3 nitrogen and oxygen atoms in total. The summed E-state index contributed by atoms with van der Waals surface area (Å²) in [5, 5.41) is 3.50. The number of nitrogens with zero attached hydrogens (tertiary/aromatic N) is 2. The van der Waals surface area contributed by atoms with E-state index >= 15 is 0 Å². The van der Waals surface area contributed by atoms with Gasteiger partial charge >= 0.3 is 0 Å². The second-order valence-electron chi connectivity index (χ2n) is 6.16. The summed E-state index contributed by atoms with van der Waals surface area (Å²) in [6, 6.07) is 6.44. The molecule has 20 heavy (non-hydrogen) atoms. The van der Waals surface area contributed by atoms with Crippen LogP contribution in [0.15, 0.2) is 29.0 Å². The van der Waals surface area contributed by atoms with E-state index in [1.165, 1.54) is 11.3 Å². The normalized spacial score (nSPS) is 11.9. The average molecular weight is 336 g/mol. The predicted octanol–water partition coefficient (Wildman–Crippen LogP) is 4.14. The van der Waals surface area contributed by atoms with Crippen LogP contribution in [0.25, 0.3) is 5.69 Å². The summed E-state index contributed by atoms with van der Waals surface area (Å²) < 4.78 is 3.23. The summed E-state index contributed by atoms with van der Waals surface area (Å²) in [5.74, 6) is 0. The molecule has 4 heteroatoms. The molecule has 0 bridgehead atoms. The Morgan fingerprint density at radius 2 is 1.95 bits per heavy atom. The molecule has 0 aliphatic heterocycles. The quantitative estimate of drug-likeness (QED) is 0.913. The van der Waals surface area contributed by atoms with Crippen LogP contribution in [0.3, 0.4) is 0 Å². The Morgan fingerprint density at radius 1 is 1.25 bits per heavy atom. The van der Waals surface area contributed by atoms with E-state index in [9.17, 15) is 0 Å². The number of halogens is 1. The van der Waals surface area contributed by atoms with Gasteiger partial charge in [-0.15, -0.1) is 0 Å². The Bertz CT molecular complexity index is 609. The molecule has 108 valence electrons. The van der Waals surface area contributed by atoms with Gasteiger partial charge in [0, 0.05) is 27.9 Å². The molecule has 0 atom stereocenters. The fraction of sp³-hybridized carbons (Fsp3) is 0.438. The third kappa shape index (κ3) is 3.49. The van der Waals surface area contributed by atoms with Gasteiger partial charge in [0.1, 0.15) is 0 Å². The van der Waals surface area contributed by atoms with E-state index in [2.05, 4.69) is 76.7 Å². The first-order valence-corrected chi connectivity index (χ1v) is 7.61. The number of hydrogen-bond acceptors (Lipinski definition) is 2. The molecule has 1 aromatic heterocycles. The highest BCUT2D eigenvalue weighted by Gasteiger charge is 2.11. The molecule has 0 unspecified atom stereocenters. The zero-order chi connectivity index (χ0) is 14.9. The summed E-state index contributed by atoms with van der Waals surface area (Å²) in [6.45, 7) is 11.5. The van der Waals surface area contributed by atoms with Gasteiger partial charge in [-0.1, -0.05) is 22.0 Å². The van der Waals surface area contributed by atoms with E-state index in [0.29, 0.717) is 0 Å². The molecule has 0 saturated carbocycles. The number of benzene rings is 1. The third-order valence-corrected chi connectivity index (χ3v) is 4.11.